The molecule has 0 aliphatic heterocycles. The van der Waals surface area contributed by atoms with Crippen molar-refractivity contribution in [2.75, 3.05) is 0 Å². The first-order valence-corrected chi connectivity index (χ1v) is 7.81. The van der Waals surface area contributed by atoms with E-state index in [0.29, 0.717) is 11.1 Å². The topological polar surface area (TPSA) is 17.1 Å². The van der Waals surface area contributed by atoms with Crippen molar-refractivity contribution < 1.29 is 4.79 Å². The molecule has 0 bridgehead atoms. The van der Waals surface area contributed by atoms with Gasteiger partial charge >= 0.3 is 0 Å². The maximum absolute atomic E-state index is 12.8. The fraction of sp³-hybridized carbons (Fsp3) is 0.688. The largest absolute Gasteiger partial charge is 0.289 e. The standard InChI is InChI=1S/C16H23Cl3O/c1-13(2,3)10-8-15(7,16(17,18)19)9-11(12(10)20)14(4,5)6/h8-9H,1-7H3. The Hall–Kier alpha value is 0.0200. The molecule has 0 atom stereocenters. The molecule has 0 spiro atoms. The summed E-state index contributed by atoms with van der Waals surface area (Å²) in [5, 5.41) is 0. The molecule has 0 saturated carbocycles. The van der Waals surface area contributed by atoms with Gasteiger partial charge in [0.25, 0.3) is 0 Å². The first-order valence-electron chi connectivity index (χ1n) is 6.68. The van der Waals surface area contributed by atoms with Gasteiger partial charge < -0.3 is 0 Å². The van der Waals surface area contributed by atoms with Gasteiger partial charge in [0.15, 0.2) is 5.78 Å². The van der Waals surface area contributed by atoms with Gasteiger partial charge in [-0.05, 0) is 17.8 Å². The van der Waals surface area contributed by atoms with E-state index in [4.69, 9.17) is 34.8 Å². The Morgan fingerprint density at radius 3 is 1.35 bits per heavy atom. The lowest BCUT2D eigenvalue weighted by Crippen LogP contribution is -2.38. The summed E-state index contributed by atoms with van der Waals surface area (Å²) in [4.78, 5) is 12.8. The van der Waals surface area contributed by atoms with Gasteiger partial charge in [0.05, 0.1) is 5.41 Å². The quantitative estimate of drug-likeness (QED) is 0.504. The zero-order valence-corrected chi connectivity index (χ0v) is 15.5. The van der Waals surface area contributed by atoms with Crippen molar-refractivity contribution in [1.29, 1.82) is 0 Å². The fourth-order valence-corrected chi connectivity index (χ4v) is 2.52. The van der Waals surface area contributed by atoms with E-state index < -0.39 is 9.21 Å². The highest BCUT2D eigenvalue weighted by molar-refractivity contribution is 6.68. The number of carbonyl (C=O) groups excluding carboxylic acids is 1. The Morgan fingerprint density at radius 2 is 1.15 bits per heavy atom. The van der Waals surface area contributed by atoms with Gasteiger partial charge in [-0.25, -0.2) is 0 Å². The van der Waals surface area contributed by atoms with Gasteiger partial charge in [0.2, 0.25) is 3.79 Å². The summed E-state index contributed by atoms with van der Waals surface area (Å²) in [5.74, 6) is 0.0525. The zero-order valence-electron chi connectivity index (χ0n) is 13.2. The Morgan fingerprint density at radius 1 is 0.850 bits per heavy atom. The molecule has 0 saturated heterocycles. The predicted molar refractivity (Wildman–Crippen MR) is 88.5 cm³/mol. The predicted octanol–water partition coefficient (Wildman–Crippen LogP) is 5.89. The minimum atomic E-state index is -1.50. The molecule has 0 aromatic heterocycles. The first kappa shape index (κ1) is 18.1. The Labute approximate surface area is 137 Å². The number of hydrogen-bond donors (Lipinski definition) is 0. The van der Waals surface area contributed by atoms with Crippen LogP contribution in [0.1, 0.15) is 48.5 Å². The molecule has 0 fully saturated rings. The summed E-state index contributed by atoms with van der Waals surface area (Å²) in [6.07, 6.45) is 3.63. The fourth-order valence-electron chi connectivity index (χ4n) is 2.20. The van der Waals surface area contributed by atoms with Crippen molar-refractivity contribution in [1.82, 2.24) is 0 Å². The third-order valence-electron chi connectivity index (χ3n) is 3.60. The molecule has 1 nitrogen and oxygen atoms in total. The maximum atomic E-state index is 12.8. The van der Waals surface area contributed by atoms with E-state index in [1.807, 2.05) is 60.6 Å². The molecule has 0 aromatic carbocycles. The molecule has 20 heavy (non-hydrogen) atoms. The number of alkyl halides is 3. The third kappa shape index (κ3) is 3.43. The van der Waals surface area contributed by atoms with Crippen LogP contribution >= 0.6 is 34.8 Å². The van der Waals surface area contributed by atoms with Crippen LogP contribution in [0.4, 0.5) is 0 Å². The van der Waals surface area contributed by atoms with Gasteiger partial charge in [-0.1, -0.05) is 88.5 Å². The number of hydrogen-bond acceptors (Lipinski definition) is 1. The van der Waals surface area contributed by atoms with Crippen LogP contribution in [0.2, 0.25) is 0 Å². The summed E-state index contributed by atoms with van der Waals surface area (Å²) >= 11 is 18.5. The van der Waals surface area contributed by atoms with Crippen LogP contribution in [0.15, 0.2) is 23.3 Å². The second-order valence-electron chi connectivity index (χ2n) is 7.73. The van der Waals surface area contributed by atoms with E-state index in [9.17, 15) is 4.79 Å². The van der Waals surface area contributed by atoms with Crippen molar-refractivity contribution in [2.45, 2.75) is 52.3 Å². The molecule has 0 N–H and O–H groups in total. The lowest BCUT2D eigenvalue weighted by atomic mass is 9.67. The van der Waals surface area contributed by atoms with Crippen molar-refractivity contribution >= 4 is 40.6 Å². The average Bonchev–Trinajstić information content (AvgIpc) is 2.16. The van der Waals surface area contributed by atoms with Crippen LogP contribution in [0, 0.1) is 16.2 Å². The van der Waals surface area contributed by atoms with E-state index in [-0.39, 0.29) is 16.6 Å². The minimum Gasteiger partial charge on any atom is -0.289 e. The van der Waals surface area contributed by atoms with Gasteiger partial charge in [-0.2, -0.15) is 0 Å². The lowest BCUT2D eigenvalue weighted by molar-refractivity contribution is -0.114. The second kappa shape index (κ2) is 5.04. The summed E-state index contributed by atoms with van der Waals surface area (Å²) in [5.41, 5.74) is 0.0342. The zero-order chi connectivity index (χ0) is 16.1. The smallest absolute Gasteiger partial charge is 0.202 e. The van der Waals surface area contributed by atoms with E-state index in [2.05, 4.69) is 0 Å². The molecule has 0 radical (unpaired) electrons. The number of ketones is 1. The van der Waals surface area contributed by atoms with Crippen LogP contribution in [-0.2, 0) is 4.79 Å². The van der Waals surface area contributed by atoms with Crippen LogP contribution in [0.5, 0.6) is 0 Å². The van der Waals surface area contributed by atoms with Crippen molar-refractivity contribution in [3.05, 3.63) is 23.3 Å². The molecule has 4 heteroatoms. The molecule has 0 unspecified atom stereocenters. The SMILES string of the molecule is CC(C)(C)C1=CC(C)(C(Cl)(Cl)Cl)C=C(C(C)(C)C)C1=O. The normalized spacial score (nSPS) is 20.6. The molecule has 1 aliphatic carbocycles. The van der Waals surface area contributed by atoms with Crippen molar-refractivity contribution in [3.8, 4) is 0 Å². The number of allylic oxidation sites excluding steroid dienone is 4. The summed E-state index contributed by atoms with van der Waals surface area (Å²) in [6.45, 7) is 13.9. The van der Waals surface area contributed by atoms with Gasteiger partial charge in [0.1, 0.15) is 0 Å². The summed E-state index contributed by atoms with van der Waals surface area (Å²) < 4.78 is -1.50. The number of rotatable bonds is 0. The molecule has 114 valence electrons. The summed E-state index contributed by atoms with van der Waals surface area (Å²) in [7, 11) is 0. The molecule has 0 aromatic rings. The molecular formula is C16H23Cl3O. The van der Waals surface area contributed by atoms with Gasteiger partial charge in [0, 0.05) is 11.1 Å². The van der Waals surface area contributed by atoms with E-state index >= 15 is 0 Å². The highest BCUT2D eigenvalue weighted by Gasteiger charge is 2.47. The third-order valence-corrected chi connectivity index (χ3v) is 4.83. The molecule has 0 heterocycles. The van der Waals surface area contributed by atoms with Crippen LogP contribution < -0.4 is 0 Å². The maximum Gasteiger partial charge on any atom is 0.202 e. The lowest BCUT2D eigenvalue weighted by Gasteiger charge is -2.40. The first-order chi connectivity index (χ1) is 8.59. The van der Waals surface area contributed by atoms with Crippen LogP contribution in [0.25, 0.3) is 0 Å². The molecule has 1 rings (SSSR count). The Kier molecular flexibility index (Phi) is 4.55. The minimum absolute atomic E-state index is 0.0525. The average molecular weight is 338 g/mol. The number of Topliss-reactive ketones (excluding diaryl/α,β-unsaturated/α-hetero) is 1. The Bertz CT molecular complexity index is 445. The number of halogens is 3. The molecule has 1 aliphatic rings. The van der Waals surface area contributed by atoms with Gasteiger partial charge in [-0.15, -0.1) is 0 Å². The Balaban J connectivity index is 3.58. The van der Waals surface area contributed by atoms with Crippen molar-refractivity contribution in [2.24, 2.45) is 16.2 Å². The second-order valence-corrected chi connectivity index (χ2v) is 10.0. The van der Waals surface area contributed by atoms with Gasteiger partial charge in [-0.3, -0.25) is 4.79 Å². The monoisotopic (exact) mass is 336 g/mol. The summed E-state index contributed by atoms with van der Waals surface area (Å²) in [6, 6.07) is 0. The highest BCUT2D eigenvalue weighted by Crippen LogP contribution is 2.53. The number of carbonyl (C=O) groups is 1. The van der Waals surface area contributed by atoms with E-state index in [0.717, 1.165) is 0 Å². The molecular weight excluding hydrogens is 315 g/mol. The van der Waals surface area contributed by atoms with Crippen molar-refractivity contribution in [3.63, 3.8) is 0 Å². The highest BCUT2D eigenvalue weighted by atomic mass is 35.6. The van der Waals surface area contributed by atoms with E-state index in [1.165, 1.54) is 0 Å². The molecule has 0 amide bonds. The van der Waals surface area contributed by atoms with Crippen LogP contribution in [0.3, 0.4) is 0 Å². The van der Waals surface area contributed by atoms with E-state index in [1.54, 1.807) is 0 Å². The van der Waals surface area contributed by atoms with Crippen LogP contribution in [-0.4, -0.2) is 9.58 Å².